The molecule has 0 spiro atoms. The number of hydrogen-bond acceptors (Lipinski definition) is 9. The average Bonchev–Trinajstić information content (AvgIpc) is 3.54. The predicted molar refractivity (Wildman–Crippen MR) is 147 cm³/mol. The molecular formula is C28H22FN3O5S2. The summed E-state index contributed by atoms with van der Waals surface area (Å²) in [5.74, 6) is -0.911. The summed E-state index contributed by atoms with van der Waals surface area (Å²) in [4.78, 5) is 28.0. The molecule has 1 N–H and O–H groups in total. The van der Waals surface area contributed by atoms with E-state index in [-0.39, 0.29) is 22.3 Å². The number of halogens is 1. The highest BCUT2D eigenvalue weighted by atomic mass is 32.2. The van der Waals surface area contributed by atoms with Crippen LogP contribution in [0.25, 0.3) is 5.76 Å². The van der Waals surface area contributed by atoms with E-state index in [1.807, 2.05) is 0 Å². The van der Waals surface area contributed by atoms with Gasteiger partial charge in [-0.25, -0.2) is 4.39 Å². The van der Waals surface area contributed by atoms with E-state index in [9.17, 15) is 19.1 Å². The van der Waals surface area contributed by atoms with Crippen molar-refractivity contribution in [3.63, 3.8) is 0 Å². The first-order valence-electron chi connectivity index (χ1n) is 11.7. The Balaban J connectivity index is 1.56. The van der Waals surface area contributed by atoms with Crippen molar-refractivity contribution in [2.75, 3.05) is 19.1 Å². The fourth-order valence-corrected chi connectivity index (χ4v) is 6.03. The number of aromatic nitrogens is 2. The molecule has 8 nitrogen and oxygen atoms in total. The van der Waals surface area contributed by atoms with Crippen LogP contribution in [0.5, 0.6) is 11.5 Å². The van der Waals surface area contributed by atoms with E-state index in [1.165, 1.54) is 43.0 Å². The number of methoxy groups -OCH3 is 2. The number of amides is 1. The summed E-state index contributed by atoms with van der Waals surface area (Å²) < 4.78 is 24.6. The van der Waals surface area contributed by atoms with Gasteiger partial charge in [-0.05, 0) is 35.4 Å². The van der Waals surface area contributed by atoms with Gasteiger partial charge in [-0.2, -0.15) is 0 Å². The van der Waals surface area contributed by atoms with Gasteiger partial charge in [0.15, 0.2) is 15.8 Å². The second-order valence-electron chi connectivity index (χ2n) is 8.42. The number of ketones is 1. The summed E-state index contributed by atoms with van der Waals surface area (Å²) in [6.45, 7) is 0. The standard InChI is InChI=1S/C28H22FN3O5S2/c1-36-20-13-10-18(14-21(20)37-2)23-22(24(33)17-6-4-3-5-7-17)25(34)26(35)32(23)27-30-31-28(39-27)38-15-16-8-11-19(29)12-9-16/h3-14,23,33H,15H2,1-2H3/b24-22+. The summed E-state index contributed by atoms with van der Waals surface area (Å²) in [7, 11) is 2.99. The minimum absolute atomic E-state index is 0.0749. The second-order valence-corrected chi connectivity index (χ2v) is 10.6. The minimum atomic E-state index is -0.993. The van der Waals surface area contributed by atoms with Gasteiger partial charge in [0.1, 0.15) is 11.6 Å². The van der Waals surface area contributed by atoms with Gasteiger partial charge in [-0.1, -0.05) is 71.6 Å². The number of nitrogens with zero attached hydrogens (tertiary/aromatic N) is 3. The van der Waals surface area contributed by atoms with Crippen molar-refractivity contribution >= 4 is 45.7 Å². The maximum atomic E-state index is 13.4. The van der Waals surface area contributed by atoms with E-state index in [2.05, 4.69) is 10.2 Å². The van der Waals surface area contributed by atoms with Gasteiger partial charge in [-0.15, -0.1) is 10.2 Å². The molecule has 3 aromatic carbocycles. The van der Waals surface area contributed by atoms with Gasteiger partial charge in [0.2, 0.25) is 5.13 Å². The van der Waals surface area contributed by atoms with E-state index < -0.39 is 17.7 Å². The number of thioether (sulfide) groups is 1. The molecule has 1 aliphatic heterocycles. The van der Waals surface area contributed by atoms with Crippen LogP contribution in [0.1, 0.15) is 22.7 Å². The van der Waals surface area contributed by atoms with Crippen LogP contribution >= 0.6 is 23.1 Å². The molecule has 1 unspecified atom stereocenters. The first-order valence-corrected chi connectivity index (χ1v) is 13.5. The van der Waals surface area contributed by atoms with Crippen LogP contribution in [0, 0.1) is 5.82 Å². The van der Waals surface area contributed by atoms with Crippen LogP contribution in [0.3, 0.4) is 0 Å². The molecule has 5 rings (SSSR count). The summed E-state index contributed by atoms with van der Waals surface area (Å²) in [6, 6.07) is 18.7. The molecular weight excluding hydrogens is 541 g/mol. The lowest BCUT2D eigenvalue weighted by Gasteiger charge is -2.23. The van der Waals surface area contributed by atoms with Crippen molar-refractivity contribution in [2.45, 2.75) is 16.1 Å². The van der Waals surface area contributed by atoms with Crippen LogP contribution in [-0.2, 0) is 15.3 Å². The Morgan fingerprint density at radius 3 is 2.41 bits per heavy atom. The number of carbonyl (C=O) groups is 2. The number of Topliss-reactive ketones (excluding diaryl/α,β-unsaturated/α-hetero) is 1. The van der Waals surface area contributed by atoms with Gasteiger partial charge >= 0.3 is 5.91 Å². The molecule has 1 fully saturated rings. The smallest absolute Gasteiger partial charge is 0.301 e. The van der Waals surface area contributed by atoms with Crippen LogP contribution in [0.15, 0.2) is 82.7 Å². The van der Waals surface area contributed by atoms with E-state index in [4.69, 9.17) is 9.47 Å². The first-order chi connectivity index (χ1) is 18.9. The van der Waals surface area contributed by atoms with Crippen molar-refractivity contribution in [1.29, 1.82) is 0 Å². The van der Waals surface area contributed by atoms with Gasteiger partial charge in [0.25, 0.3) is 5.78 Å². The van der Waals surface area contributed by atoms with Crippen LogP contribution < -0.4 is 14.4 Å². The van der Waals surface area contributed by atoms with Crippen LogP contribution in [0.2, 0.25) is 0 Å². The average molecular weight is 564 g/mol. The van der Waals surface area contributed by atoms with Gasteiger partial charge in [0.05, 0.1) is 25.8 Å². The zero-order chi connectivity index (χ0) is 27.5. The maximum absolute atomic E-state index is 13.4. The molecule has 11 heteroatoms. The van der Waals surface area contributed by atoms with E-state index in [0.29, 0.717) is 32.7 Å². The molecule has 1 aliphatic rings. The molecule has 0 aliphatic carbocycles. The predicted octanol–water partition coefficient (Wildman–Crippen LogP) is 5.61. The summed E-state index contributed by atoms with van der Waals surface area (Å²) in [5, 5.41) is 19.8. The number of ether oxygens (including phenoxy) is 2. The van der Waals surface area contributed by atoms with Gasteiger partial charge in [-0.3, -0.25) is 14.5 Å². The number of hydrogen-bond donors (Lipinski definition) is 1. The van der Waals surface area contributed by atoms with Crippen molar-refractivity contribution < 1.29 is 28.6 Å². The number of carbonyl (C=O) groups excluding carboxylic acids is 2. The Morgan fingerprint density at radius 2 is 1.72 bits per heavy atom. The first kappa shape index (κ1) is 26.4. The minimum Gasteiger partial charge on any atom is -0.507 e. The largest absolute Gasteiger partial charge is 0.507 e. The molecule has 39 heavy (non-hydrogen) atoms. The highest BCUT2D eigenvalue weighted by molar-refractivity contribution is 8.00. The van der Waals surface area contributed by atoms with E-state index >= 15 is 0 Å². The molecule has 4 aromatic rings. The van der Waals surface area contributed by atoms with Gasteiger partial charge < -0.3 is 14.6 Å². The fraction of sp³-hybridized carbons (Fsp3) is 0.143. The zero-order valence-electron chi connectivity index (χ0n) is 20.8. The summed E-state index contributed by atoms with van der Waals surface area (Å²) in [6.07, 6.45) is 0. The van der Waals surface area contributed by atoms with E-state index in [1.54, 1.807) is 60.7 Å². The zero-order valence-corrected chi connectivity index (χ0v) is 22.5. The fourth-order valence-electron chi connectivity index (χ4n) is 4.20. The third-order valence-corrected chi connectivity index (χ3v) is 8.22. The van der Waals surface area contributed by atoms with Crippen molar-refractivity contribution in [3.8, 4) is 11.5 Å². The summed E-state index contributed by atoms with van der Waals surface area (Å²) in [5.41, 5.74) is 1.73. The third kappa shape index (κ3) is 5.23. The van der Waals surface area contributed by atoms with Crippen molar-refractivity contribution in [1.82, 2.24) is 10.2 Å². The Morgan fingerprint density at radius 1 is 1.00 bits per heavy atom. The lowest BCUT2D eigenvalue weighted by atomic mass is 9.95. The molecule has 0 saturated carbocycles. The molecule has 0 radical (unpaired) electrons. The molecule has 1 saturated heterocycles. The lowest BCUT2D eigenvalue weighted by Crippen LogP contribution is -2.29. The topological polar surface area (TPSA) is 102 Å². The number of benzene rings is 3. The highest BCUT2D eigenvalue weighted by Gasteiger charge is 2.48. The Hall–Kier alpha value is -4.22. The second kappa shape index (κ2) is 11.3. The number of rotatable bonds is 8. The van der Waals surface area contributed by atoms with Crippen LogP contribution in [-0.4, -0.2) is 41.2 Å². The lowest BCUT2D eigenvalue weighted by molar-refractivity contribution is -0.132. The normalized spacial score (nSPS) is 16.5. The number of aliphatic hydroxyl groups excluding tert-OH is 1. The van der Waals surface area contributed by atoms with Crippen LogP contribution in [0.4, 0.5) is 9.52 Å². The Labute approximate surface area is 231 Å². The number of aliphatic hydroxyl groups is 1. The highest BCUT2D eigenvalue weighted by Crippen LogP contribution is 2.45. The quantitative estimate of drug-likeness (QED) is 0.0970. The molecule has 2 heterocycles. The monoisotopic (exact) mass is 563 g/mol. The van der Waals surface area contributed by atoms with Gasteiger partial charge in [0, 0.05) is 11.3 Å². The Kier molecular flexibility index (Phi) is 7.62. The molecule has 1 amide bonds. The molecule has 0 bridgehead atoms. The SMILES string of the molecule is COc1ccc(C2/C(=C(\O)c3ccccc3)C(=O)C(=O)N2c2nnc(SCc3ccc(F)cc3)s2)cc1OC. The molecule has 1 atom stereocenters. The van der Waals surface area contributed by atoms with Crippen molar-refractivity contribution in [3.05, 3.63) is 101 Å². The third-order valence-electron chi connectivity index (χ3n) is 6.09. The molecule has 198 valence electrons. The molecule has 1 aromatic heterocycles. The van der Waals surface area contributed by atoms with Crippen molar-refractivity contribution in [2.24, 2.45) is 0 Å². The summed E-state index contributed by atoms with van der Waals surface area (Å²) >= 11 is 2.52. The Bertz CT molecular complexity index is 1560. The maximum Gasteiger partial charge on any atom is 0.301 e. The van der Waals surface area contributed by atoms with E-state index in [0.717, 1.165) is 16.9 Å². The number of anilines is 1.